The molecule has 1 saturated heterocycles. The van der Waals surface area contributed by atoms with Crippen molar-refractivity contribution < 1.29 is 23.5 Å². The summed E-state index contributed by atoms with van der Waals surface area (Å²) < 4.78 is 10.1. The highest BCUT2D eigenvalue weighted by Crippen LogP contribution is 2.30. The monoisotopic (exact) mass is 347 g/mol. The van der Waals surface area contributed by atoms with Gasteiger partial charge in [0.15, 0.2) is 16.6 Å². The predicted octanol–water partition coefficient (Wildman–Crippen LogP) is 3.57. The third kappa shape index (κ3) is 3.64. The zero-order valence-corrected chi connectivity index (χ0v) is 13.9. The van der Waals surface area contributed by atoms with Crippen LogP contribution in [0, 0.1) is 0 Å². The average Bonchev–Trinajstić information content (AvgIpc) is 3.21. The van der Waals surface area contributed by atoms with Crippen LogP contribution in [0.3, 0.4) is 0 Å². The van der Waals surface area contributed by atoms with E-state index in [0.29, 0.717) is 30.2 Å². The summed E-state index contributed by atoms with van der Waals surface area (Å²) >= 11 is 0.886. The van der Waals surface area contributed by atoms with E-state index in [0.717, 1.165) is 17.6 Å². The van der Waals surface area contributed by atoms with Crippen molar-refractivity contribution in [3.05, 3.63) is 59.4 Å². The van der Waals surface area contributed by atoms with Gasteiger partial charge < -0.3 is 14.4 Å². The summed E-state index contributed by atoms with van der Waals surface area (Å²) in [5.41, 5.74) is 1.42. The molecule has 1 aromatic carbocycles. The molecule has 0 bridgehead atoms. The van der Waals surface area contributed by atoms with Gasteiger partial charge in [0.2, 0.25) is 0 Å². The van der Waals surface area contributed by atoms with Crippen LogP contribution >= 0.6 is 12.0 Å². The zero-order valence-electron chi connectivity index (χ0n) is 13.1. The molecule has 0 radical (unpaired) electrons. The first-order valence-corrected chi connectivity index (χ1v) is 8.16. The van der Waals surface area contributed by atoms with E-state index in [1.54, 1.807) is 17.0 Å². The Labute approximate surface area is 143 Å². The van der Waals surface area contributed by atoms with Gasteiger partial charge >= 0.3 is 0 Å². The van der Waals surface area contributed by atoms with Crippen LogP contribution in [0.1, 0.15) is 17.7 Å². The maximum atomic E-state index is 12.5. The molecule has 0 atom stereocenters. The van der Waals surface area contributed by atoms with Crippen LogP contribution in [0.15, 0.2) is 57.5 Å². The molecule has 126 valence electrons. The number of amides is 1. The fourth-order valence-corrected chi connectivity index (χ4v) is 2.91. The van der Waals surface area contributed by atoms with Gasteiger partial charge in [-0.3, -0.25) is 4.79 Å². The van der Waals surface area contributed by atoms with Gasteiger partial charge in [0, 0.05) is 13.1 Å². The molecule has 1 aliphatic heterocycles. The molecule has 1 N–H and O–H groups in total. The number of hydrogen-bond donors (Lipinski definition) is 1. The lowest BCUT2D eigenvalue weighted by molar-refractivity contribution is -0.160. The minimum Gasteiger partial charge on any atom is -0.504 e. The second-order valence-electron chi connectivity index (χ2n) is 5.23. The van der Waals surface area contributed by atoms with Gasteiger partial charge in [-0.05, 0) is 24.1 Å². The summed E-state index contributed by atoms with van der Waals surface area (Å²) in [7, 11) is 1.38. The molecule has 0 aliphatic carbocycles. The summed E-state index contributed by atoms with van der Waals surface area (Å²) in [6, 6.07) is 13.0. The Morgan fingerprint density at radius 3 is 2.83 bits per heavy atom. The lowest BCUT2D eigenvalue weighted by Gasteiger charge is -2.15. The molecule has 24 heavy (non-hydrogen) atoms. The van der Waals surface area contributed by atoms with Gasteiger partial charge in [0.1, 0.15) is 12.0 Å². The van der Waals surface area contributed by atoms with Gasteiger partial charge in [-0.25, -0.2) is 4.89 Å². The lowest BCUT2D eigenvalue weighted by atomic mass is 10.1. The number of nitrogens with zero attached hydrogens (tertiary/aromatic N) is 1. The molecule has 3 rings (SSSR count). The lowest BCUT2D eigenvalue weighted by Crippen LogP contribution is -2.24. The van der Waals surface area contributed by atoms with Gasteiger partial charge in [-0.15, -0.1) is 0 Å². The van der Waals surface area contributed by atoms with E-state index in [1.807, 2.05) is 30.3 Å². The highest BCUT2D eigenvalue weighted by Gasteiger charge is 2.30. The first kappa shape index (κ1) is 16.6. The smallest absolute Gasteiger partial charge is 0.254 e. The van der Waals surface area contributed by atoms with Gasteiger partial charge in [-0.2, -0.15) is 4.33 Å². The molecule has 1 fully saturated rings. The third-order valence-electron chi connectivity index (χ3n) is 3.68. The van der Waals surface area contributed by atoms with E-state index >= 15 is 0 Å². The van der Waals surface area contributed by atoms with Crippen LogP contribution in [0.5, 0.6) is 0 Å². The maximum Gasteiger partial charge on any atom is 0.254 e. The molecule has 2 aromatic rings. The van der Waals surface area contributed by atoms with E-state index in [4.69, 9.17) is 8.75 Å². The van der Waals surface area contributed by atoms with Crippen LogP contribution in [0.2, 0.25) is 0 Å². The Morgan fingerprint density at radius 2 is 2.08 bits per heavy atom. The molecule has 6 nitrogen and oxygen atoms in total. The van der Waals surface area contributed by atoms with Crippen molar-refractivity contribution in [2.45, 2.75) is 18.1 Å². The Kier molecular flexibility index (Phi) is 5.24. The number of hydrogen-bond acceptors (Lipinski definition) is 6. The van der Waals surface area contributed by atoms with E-state index in [-0.39, 0.29) is 17.4 Å². The van der Waals surface area contributed by atoms with E-state index in [2.05, 4.69) is 4.89 Å². The molecule has 1 aromatic heterocycles. The summed E-state index contributed by atoms with van der Waals surface area (Å²) in [5, 5.41) is 10.8. The van der Waals surface area contributed by atoms with Crippen molar-refractivity contribution in [3.63, 3.8) is 0 Å². The van der Waals surface area contributed by atoms with E-state index < -0.39 is 0 Å². The fourth-order valence-electron chi connectivity index (χ4n) is 2.53. The van der Waals surface area contributed by atoms with E-state index in [1.165, 1.54) is 7.11 Å². The number of rotatable bonds is 6. The number of carbonyl (C=O) groups excluding carboxylic acids is 1. The quantitative estimate of drug-likeness (QED) is 0.283. The van der Waals surface area contributed by atoms with Crippen molar-refractivity contribution in [3.8, 4) is 0 Å². The largest absolute Gasteiger partial charge is 0.504 e. The topological polar surface area (TPSA) is 72.1 Å². The van der Waals surface area contributed by atoms with Gasteiger partial charge in [0.25, 0.3) is 5.91 Å². The van der Waals surface area contributed by atoms with Gasteiger partial charge in [-0.1, -0.05) is 30.3 Å². The summed E-state index contributed by atoms with van der Waals surface area (Å²) in [6.07, 6.45) is 0.481. The van der Waals surface area contributed by atoms with E-state index in [9.17, 15) is 9.90 Å². The molecule has 1 amide bonds. The first-order valence-electron chi connectivity index (χ1n) is 7.42. The average molecular weight is 347 g/mol. The normalized spacial score (nSPS) is 16.7. The minimum absolute atomic E-state index is 0.125. The number of aliphatic hydroxyl groups excluding tert-OH is 1. The van der Waals surface area contributed by atoms with Crippen LogP contribution in [0.4, 0.5) is 0 Å². The van der Waals surface area contributed by atoms with Gasteiger partial charge in [0.05, 0.1) is 12.7 Å². The standard InChI is InChI=1S/C17H17NO5S/c1-21-23-24-15-8-7-14(22-15)16(19)13-9-10-18(17(13)20)11-12-5-3-2-4-6-12/h2-8,19H,9-11H2,1H3/b16-13-. The Hall–Kier alpha value is -2.22. The number of benzene rings is 1. The van der Waals surface area contributed by atoms with Crippen LogP contribution in [-0.2, 0) is 20.6 Å². The number of furan rings is 1. The Balaban J connectivity index is 1.73. The molecule has 1 aliphatic rings. The second-order valence-corrected chi connectivity index (χ2v) is 5.93. The molecule has 7 heteroatoms. The third-order valence-corrected chi connectivity index (χ3v) is 4.27. The summed E-state index contributed by atoms with van der Waals surface area (Å²) in [6.45, 7) is 1.10. The van der Waals surface area contributed by atoms with Crippen molar-refractivity contribution in [1.82, 2.24) is 4.90 Å². The highest BCUT2D eigenvalue weighted by molar-refractivity contribution is 7.94. The Morgan fingerprint density at radius 1 is 1.29 bits per heavy atom. The zero-order chi connectivity index (χ0) is 16.9. The fraction of sp³-hybridized carbons (Fsp3) is 0.235. The Bertz CT molecular complexity index is 740. The number of aliphatic hydroxyl groups is 1. The minimum atomic E-state index is -0.171. The van der Waals surface area contributed by atoms with Crippen molar-refractivity contribution in [2.24, 2.45) is 0 Å². The molecular formula is C17H17NO5S. The van der Waals surface area contributed by atoms with Crippen molar-refractivity contribution in [2.75, 3.05) is 13.7 Å². The predicted molar refractivity (Wildman–Crippen MR) is 88.7 cm³/mol. The summed E-state index contributed by atoms with van der Waals surface area (Å²) in [5.74, 6) is -0.0583. The van der Waals surface area contributed by atoms with Crippen LogP contribution in [0.25, 0.3) is 5.76 Å². The molecule has 0 saturated carbocycles. The highest BCUT2D eigenvalue weighted by atomic mass is 32.2. The molecule has 0 unspecified atom stereocenters. The maximum absolute atomic E-state index is 12.5. The summed E-state index contributed by atoms with van der Waals surface area (Å²) in [4.78, 5) is 18.7. The number of likely N-dealkylation sites (tertiary alicyclic amines) is 1. The van der Waals surface area contributed by atoms with Crippen molar-refractivity contribution in [1.29, 1.82) is 0 Å². The first-order chi connectivity index (χ1) is 11.7. The molecular weight excluding hydrogens is 330 g/mol. The molecule has 2 heterocycles. The molecule has 0 spiro atoms. The van der Waals surface area contributed by atoms with Crippen molar-refractivity contribution >= 4 is 23.7 Å². The van der Waals surface area contributed by atoms with Crippen LogP contribution in [-0.4, -0.2) is 29.6 Å². The number of carbonyl (C=O) groups is 1. The van der Waals surface area contributed by atoms with Crippen LogP contribution < -0.4 is 0 Å². The SMILES string of the molecule is COOSc1ccc(/C(O)=C2\CCN(Cc3ccccc3)C2=O)o1. The second kappa shape index (κ2) is 7.57.